The SMILES string of the molecule is Cc1cc([C@@H](C)NN)cc(C)c1O. The van der Waals surface area contributed by atoms with Crippen molar-refractivity contribution in [2.24, 2.45) is 5.84 Å². The topological polar surface area (TPSA) is 58.3 Å². The van der Waals surface area contributed by atoms with E-state index in [1.54, 1.807) is 0 Å². The van der Waals surface area contributed by atoms with Crippen LogP contribution in [0.2, 0.25) is 0 Å². The fourth-order valence-corrected chi connectivity index (χ4v) is 1.34. The first-order chi connectivity index (χ1) is 6.06. The molecule has 0 spiro atoms. The summed E-state index contributed by atoms with van der Waals surface area (Å²) in [5, 5.41) is 9.53. The Morgan fingerprint density at radius 3 is 2.15 bits per heavy atom. The number of aryl methyl sites for hydroxylation is 2. The second kappa shape index (κ2) is 3.77. The number of aromatic hydroxyl groups is 1. The van der Waals surface area contributed by atoms with E-state index >= 15 is 0 Å². The molecule has 3 heteroatoms. The van der Waals surface area contributed by atoms with Crippen LogP contribution in [0.4, 0.5) is 0 Å². The van der Waals surface area contributed by atoms with Gasteiger partial charge in [0.05, 0.1) is 0 Å². The number of hydrogen-bond acceptors (Lipinski definition) is 3. The van der Waals surface area contributed by atoms with Crippen molar-refractivity contribution >= 4 is 0 Å². The standard InChI is InChI=1S/C10H16N2O/c1-6-4-9(8(3)12-11)5-7(2)10(6)13/h4-5,8,12-13H,11H2,1-3H3/t8-/m1/s1. The lowest BCUT2D eigenvalue weighted by Gasteiger charge is -2.13. The minimum atomic E-state index is 0.109. The van der Waals surface area contributed by atoms with Crippen LogP contribution in [0.5, 0.6) is 5.75 Å². The smallest absolute Gasteiger partial charge is 0.121 e. The summed E-state index contributed by atoms with van der Waals surface area (Å²) in [6.07, 6.45) is 0. The zero-order valence-corrected chi connectivity index (χ0v) is 8.26. The molecule has 4 N–H and O–H groups in total. The van der Waals surface area contributed by atoms with E-state index in [-0.39, 0.29) is 6.04 Å². The highest BCUT2D eigenvalue weighted by molar-refractivity contribution is 5.42. The molecule has 1 rings (SSSR count). The lowest BCUT2D eigenvalue weighted by atomic mass is 10.0. The summed E-state index contributed by atoms with van der Waals surface area (Å²) in [6, 6.07) is 3.98. The summed E-state index contributed by atoms with van der Waals surface area (Å²) in [4.78, 5) is 0. The maximum atomic E-state index is 9.53. The van der Waals surface area contributed by atoms with Crippen LogP contribution in [-0.4, -0.2) is 5.11 Å². The molecule has 1 aromatic carbocycles. The molecule has 0 saturated heterocycles. The minimum absolute atomic E-state index is 0.109. The molecule has 0 heterocycles. The normalized spacial score (nSPS) is 12.9. The maximum absolute atomic E-state index is 9.53. The number of phenolic OH excluding ortho intramolecular Hbond substituents is 1. The van der Waals surface area contributed by atoms with Gasteiger partial charge in [0, 0.05) is 6.04 Å². The zero-order valence-electron chi connectivity index (χ0n) is 8.26. The fraction of sp³-hybridized carbons (Fsp3) is 0.400. The predicted octanol–water partition coefficient (Wildman–Crippen LogP) is 1.53. The van der Waals surface area contributed by atoms with Gasteiger partial charge in [-0.15, -0.1) is 0 Å². The highest BCUT2D eigenvalue weighted by Crippen LogP contribution is 2.25. The summed E-state index contributed by atoms with van der Waals surface area (Å²) in [6.45, 7) is 5.75. The van der Waals surface area contributed by atoms with E-state index in [0.29, 0.717) is 5.75 Å². The number of hydrogen-bond donors (Lipinski definition) is 3. The monoisotopic (exact) mass is 180 g/mol. The molecule has 0 amide bonds. The summed E-state index contributed by atoms with van der Waals surface area (Å²) in [7, 11) is 0. The van der Waals surface area contributed by atoms with Gasteiger partial charge in [0.2, 0.25) is 0 Å². The van der Waals surface area contributed by atoms with E-state index in [1.165, 1.54) is 0 Å². The maximum Gasteiger partial charge on any atom is 0.121 e. The van der Waals surface area contributed by atoms with Gasteiger partial charge in [0.1, 0.15) is 5.75 Å². The molecule has 0 fully saturated rings. The average molecular weight is 180 g/mol. The molecule has 0 bridgehead atoms. The van der Waals surface area contributed by atoms with E-state index in [4.69, 9.17) is 5.84 Å². The van der Waals surface area contributed by atoms with Crippen molar-refractivity contribution in [1.82, 2.24) is 5.43 Å². The Morgan fingerprint density at radius 1 is 1.31 bits per heavy atom. The summed E-state index contributed by atoms with van der Waals surface area (Å²) in [5.74, 6) is 5.70. The molecular formula is C10H16N2O. The van der Waals surface area contributed by atoms with Gasteiger partial charge in [-0.05, 0) is 37.5 Å². The first-order valence-electron chi connectivity index (χ1n) is 4.32. The summed E-state index contributed by atoms with van der Waals surface area (Å²) in [5.41, 5.74) is 5.54. The molecule has 0 aromatic heterocycles. The molecule has 0 unspecified atom stereocenters. The highest BCUT2D eigenvalue weighted by atomic mass is 16.3. The van der Waals surface area contributed by atoms with E-state index in [1.807, 2.05) is 32.9 Å². The van der Waals surface area contributed by atoms with Crippen LogP contribution in [-0.2, 0) is 0 Å². The summed E-state index contributed by atoms with van der Waals surface area (Å²) >= 11 is 0. The molecule has 1 aromatic rings. The van der Waals surface area contributed by atoms with Gasteiger partial charge in [-0.2, -0.15) is 0 Å². The van der Waals surface area contributed by atoms with Crippen LogP contribution < -0.4 is 11.3 Å². The molecule has 3 nitrogen and oxygen atoms in total. The van der Waals surface area contributed by atoms with Crippen molar-refractivity contribution in [1.29, 1.82) is 0 Å². The van der Waals surface area contributed by atoms with Crippen molar-refractivity contribution in [3.05, 3.63) is 28.8 Å². The number of hydrazine groups is 1. The van der Waals surface area contributed by atoms with E-state index in [2.05, 4.69) is 5.43 Å². The first kappa shape index (κ1) is 10.0. The quantitative estimate of drug-likeness (QED) is 0.478. The molecule has 0 aliphatic heterocycles. The van der Waals surface area contributed by atoms with Gasteiger partial charge in [0.25, 0.3) is 0 Å². The number of rotatable bonds is 2. The Labute approximate surface area is 78.5 Å². The fourth-order valence-electron chi connectivity index (χ4n) is 1.34. The van der Waals surface area contributed by atoms with Crippen LogP contribution in [0.15, 0.2) is 12.1 Å². The molecule has 1 atom stereocenters. The molecule has 0 saturated carbocycles. The molecule has 0 radical (unpaired) electrons. The molecule has 0 aliphatic rings. The second-order valence-electron chi connectivity index (χ2n) is 3.39. The average Bonchev–Trinajstić information content (AvgIpc) is 2.12. The highest BCUT2D eigenvalue weighted by Gasteiger charge is 2.07. The molecule has 72 valence electrons. The number of nitrogens with one attached hydrogen (secondary N) is 1. The van der Waals surface area contributed by atoms with Crippen molar-refractivity contribution in [3.63, 3.8) is 0 Å². The lowest BCUT2D eigenvalue weighted by Crippen LogP contribution is -2.25. The number of phenols is 1. The molecule has 0 aliphatic carbocycles. The minimum Gasteiger partial charge on any atom is -0.507 e. The third-order valence-corrected chi connectivity index (χ3v) is 2.26. The molecular weight excluding hydrogens is 164 g/mol. The van der Waals surface area contributed by atoms with Gasteiger partial charge in [-0.25, -0.2) is 0 Å². The van der Waals surface area contributed by atoms with Gasteiger partial charge >= 0.3 is 0 Å². The Kier molecular flexibility index (Phi) is 2.90. The van der Waals surface area contributed by atoms with Crippen LogP contribution in [0.1, 0.15) is 29.7 Å². The van der Waals surface area contributed by atoms with Crippen molar-refractivity contribution in [2.45, 2.75) is 26.8 Å². The van der Waals surface area contributed by atoms with E-state index < -0.39 is 0 Å². The Hall–Kier alpha value is -1.06. The second-order valence-corrected chi connectivity index (χ2v) is 3.39. The van der Waals surface area contributed by atoms with Crippen LogP contribution in [0.3, 0.4) is 0 Å². The predicted molar refractivity (Wildman–Crippen MR) is 53.3 cm³/mol. The molecule has 13 heavy (non-hydrogen) atoms. The van der Waals surface area contributed by atoms with E-state index in [9.17, 15) is 5.11 Å². The van der Waals surface area contributed by atoms with Gasteiger partial charge < -0.3 is 5.11 Å². The van der Waals surface area contributed by atoms with Crippen LogP contribution in [0, 0.1) is 13.8 Å². The zero-order chi connectivity index (χ0) is 10.0. The van der Waals surface area contributed by atoms with Crippen molar-refractivity contribution in [2.75, 3.05) is 0 Å². The van der Waals surface area contributed by atoms with Crippen LogP contribution >= 0.6 is 0 Å². The number of benzene rings is 1. The van der Waals surface area contributed by atoms with Gasteiger partial charge in [-0.1, -0.05) is 12.1 Å². The third kappa shape index (κ3) is 1.99. The largest absolute Gasteiger partial charge is 0.507 e. The van der Waals surface area contributed by atoms with Crippen molar-refractivity contribution in [3.8, 4) is 5.75 Å². The lowest BCUT2D eigenvalue weighted by molar-refractivity contribution is 0.466. The third-order valence-electron chi connectivity index (χ3n) is 2.26. The van der Waals surface area contributed by atoms with Gasteiger partial charge in [-0.3, -0.25) is 11.3 Å². The van der Waals surface area contributed by atoms with Crippen molar-refractivity contribution < 1.29 is 5.11 Å². The first-order valence-corrected chi connectivity index (χ1v) is 4.32. The Bertz CT molecular complexity index is 287. The summed E-state index contributed by atoms with van der Waals surface area (Å²) < 4.78 is 0. The van der Waals surface area contributed by atoms with Gasteiger partial charge in [0.15, 0.2) is 0 Å². The van der Waals surface area contributed by atoms with Crippen LogP contribution in [0.25, 0.3) is 0 Å². The Balaban J connectivity index is 3.13. The Morgan fingerprint density at radius 2 is 1.77 bits per heavy atom. The van der Waals surface area contributed by atoms with E-state index in [0.717, 1.165) is 16.7 Å². The number of nitrogens with two attached hydrogens (primary N) is 1.